The van der Waals surface area contributed by atoms with Gasteiger partial charge in [0, 0.05) is 24.2 Å². The number of Topliss-reactive ketones (excluding diaryl/α,β-unsaturated/α-hetero) is 1. The molecule has 0 aromatic rings. The number of ether oxygens (including phenoxy) is 1. The van der Waals surface area contributed by atoms with Crippen LogP contribution in [0.3, 0.4) is 0 Å². The first-order valence-corrected chi connectivity index (χ1v) is 13.8. The summed E-state index contributed by atoms with van der Waals surface area (Å²) in [5.41, 5.74) is 6.67. The van der Waals surface area contributed by atoms with Gasteiger partial charge in [-0.05, 0) is 99.9 Å². The molecule has 4 aliphatic rings. The van der Waals surface area contributed by atoms with Crippen molar-refractivity contribution in [2.24, 2.45) is 40.2 Å². The third kappa shape index (κ3) is 6.72. The summed E-state index contributed by atoms with van der Waals surface area (Å²) in [4.78, 5) is 12.4. The Labute approximate surface area is 209 Å². The smallest absolute Gasteiger partial charge is 0.139 e. The maximum Gasteiger partial charge on any atom is 0.139 e. The Kier molecular flexibility index (Phi) is 13.0. The Balaban J connectivity index is 0.000000374. The van der Waals surface area contributed by atoms with Gasteiger partial charge in [-0.15, -0.1) is 0 Å². The number of hydrogen-bond acceptors (Lipinski definition) is 5. The molecule has 0 spiro atoms. The van der Waals surface area contributed by atoms with Crippen LogP contribution in [0.25, 0.3) is 0 Å². The molecule has 0 aliphatic heterocycles. The van der Waals surface area contributed by atoms with Crippen LogP contribution >= 0.6 is 0 Å². The van der Waals surface area contributed by atoms with Gasteiger partial charge in [0.2, 0.25) is 0 Å². The highest BCUT2D eigenvalue weighted by molar-refractivity contribution is 5.87. The van der Waals surface area contributed by atoms with E-state index in [2.05, 4.69) is 13.8 Å². The molecule has 0 heterocycles. The van der Waals surface area contributed by atoms with E-state index in [1.54, 1.807) is 7.11 Å². The first kappa shape index (κ1) is 30.8. The lowest BCUT2D eigenvalue weighted by molar-refractivity contribution is -0.136. The number of rotatable bonds is 3. The summed E-state index contributed by atoms with van der Waals surface area (Å²) in [5, 5.41) is 15.9. The van der Waals surface area contributed by atoms with Gasteiger partial charge in [-0.2, -0.15) is 0 Å². The van der Waals surface area contributed by atoms with Crippen molar-refractivity contribution in [2.75, 3.05) is 20.3 Å². The lowest BCUT2D eigenvalue weighted by atomic mass is 9.45. The number of aliphatic hydroxyl groups is 1. The number of carbonyl (C=O) groups is 1. The van der Waals surface area contributed by atoms with E-state index in [0.717, 1.165) is 67.7 Å². The van der Waals surface area contributed by atoms with Crippen molar-refractivity contribution in [1.29, 1.82) is 5.41 Å². The summed E-state index contributed by atoms with van der Waals surface area (Å²) in [6.07, 6.45) is 13.1. The highest BCUT2D eigenvalue weighted by atomic mass is 16.5. The van der Waals surface area contributed by atoms with E-state index in [9.17, 15) is 4.79 Å². The predicted octanol–water partition coefficient (Wildman–Crippen LogP) is 6.53. The number of methoxy groups -OCH3 is 1. The number of hydrogen-bond donors (Lipinski definition) is 3. The summed E-state index contributed by atoms with van der Waals surface area (Å²) in [5.74, 6) is 4.44. The van der Waals surface area contributed by atoms with E-state index < -0.39 is 0 Å². The van der Waals surface area contributed by atoms with Crippen LogP contribution in [0, 0.1) is 39.9 Å². The molecule has 0 saturated heterocycles. The molecule has 5 heteroatoms. The average molecular weight is 479 g/mol. The summed E-state index contributed by atoms with van der Waals surface area (Å²) in [6, 6.07) is 0. The van der Waals surface area contributed by atoms with Crippen LogP contribution in [-0.4, -0.2) is 36.9 Å². The second-order valence-electron chi connectivity index (χ2n) is 10.8. The van der Waals surface area contributed by atoms with Crippen molar-refractivity contribution in [2.45, 2.75) is 106 Å². The molecule has 4 N–H and O–H groups in total. The van der Waals surface area contributed by atoms with Crippen LogP contribution in [0.2, 0.25) is 0 Å². The third-order valence-electron chi connectivity index (χ3n) is 9.24. The van der Waals surface area contributed by atoms with Crippen molar-refractivity contribution in [3.63, 3.8) is 0 Å². The lowest BCUT2D eigenvalue weighted by Gasteiger charge is -2.59. The quantitative estimate of drug-likeness (QED) is 0.402. The SMILES string of the molecule is C/C=C(/CN)OC.CC.CCCO.C[C@]12CCC(=N)CC1CCC1C2CC[C@]2(C)C(=O)CCC12. The van der Waals surface area contributed by atoms with E-state index in [1.165, 1.54) is 25.7 Å². The molecular weight excluding hydrogens is 424 g/mol. The van der Waals surface area contributed by atoms with Crippen molar-refractivity contribution in [1.82, 2.24) is 0 Å². The number of allylic oxidation sites excluding steroid dienone is 1. The normalized spacial score (nSPS) is 36.2. The van der Waals surface area contributed by atoms with Gasteiger partial charge in [-0.25, -0.2) is 0 Å². The first-order valence-electron chi connectivity index (χ1n) is 13.8. The highest BCUT2D eigenvalue weighted by Crippen LogP contribution is 2.65. The zero-order valence-electron chi connectivity index (χ0n) is 23.2. The molecular formula is C29H54N2O3. The minimum absolute atomic E-state index is 0.0196. The number of fused-ring (bicyclic) bond motifs is 5. The predicted molar refractivity (Wildman–Crippen MR) is 143 cm³/mol. The standard InChI is InChI=1S/C19H29NO.C5H11NO.C3H8O.C2H6/c1-18-9-7-13(20)11-12(18)3-4-14-15-5-6-17(21)19(15,2)10-8-16(14)18;1-3-5(4-6)7-2;1-2-3-4;1-2/h12,14-16,20H,3-11H2,1-2H3;3H,4,6H2,1-2H3;4H,2-3H2,1H3;1-2H3/b;5-3-;;/t12?,14?,15?,16?,18-,19-;;;/m0.../s1. The van der Waals surface area contributed by atoms with Gasteiger partial charge >= 0.3 is 0 Å². The van der Waals surface area contributed by atoms with Crippen LogP contribution in [0.15, 0.2) is 11.8 Å². The molecule has 4 fully saturated rings. The fourth-order valence-electron chi connectivity index (χ4n) is 7.17. The Bertz CT molecular complexity index is 668. The van der Waals surface area contributed by atoms with E-state index >= 15 is 0 Å². The fourth-order valence-corrected chi connectivity index (χ4v) is 7.17. The molecule has 0 aromatic carbocycles. The van der Waals surface area contributed by atoms with Crippen LogP contribution in [-0.2, 0) is 9.53 Å². The Morgan fingerprint density at radius 2 is 1.79 bits per heavy atom. The maximum absolute atomic E-state index is 12.4. The monoisotopic (exact) mass is 478 g/mol. The van der Waals surface area contributed by atoms with Crippen LogP contribution in [0.4, 0.5) is 0 Å². The van der Waals surface area contributed by atoms with Crippen molar-refractivity contribution < 1.29 is 14.6 Å². The van der Waals surface area contributed by atoms with E-state index in [4.69, 9.17) is 21.0 Å². The molecule has 0 amide bonds. The molecule has 0 bridgehead atoms. The molecule has 4 rings (SSSR count). The van der Waals surface area contributed by atoms with Crippen LogP contribution < -0.4 is 5.73 Å². The Morgan fingerprint density at radius 3 is 2.29 bits per heavy atom. The summed E-state index contributed by atoms with van der Waals surface area (Å²) < 4.78 is 4.78. The number of nitrogens with two attached hydrogens (primary N) is 1. The number of aliphatic hydroxyl groups excluding tert-OH is 1. The van der Waals surface area contributed by atoms with E-state index in [0.29, 0.717) is 30.3 Å². The molecule has 198 valence electrons. The molecule has 0 radical (unpaired) electrons. The Morgan fingerprint density at radius 1 is 1.15 bits per heavy atom. The van der Waals surface area contributed by atoms with Gasteiger partial charge in [-0.3, -0.25) is 4.79 Å². The lowest BCUT2D eigenvalue weighted by Crippen LogP contribution is -2.53. The van der Waals surface area contributed by atoms with E-state index in [-0.39, 0.29) is 5.41 Å². The van der Waals surface area contributed by atoms with Gasteiger partial charge < -0.3 is 21.0 Å². The number of ketones is 1. The van der Waals surface area contributed by atoms with Gasteiger partial charge in [0.1, 0.15) is 11.5 Å². The van der Waals surface area contributed by atoms with Gasteiger partial charge in [0.15, 0.2) is 0 Å². The topological polar surface area (TPSA) is 96.4 Å². The third-order valence-corrected chi connectivity index (χ3v) is 9.24. The van der Waals surface area contributed by atoms with Crippen LogP contribution in [0.1, 0.15) is 106 Å². The molecule has 0 aromatic heterocycles. The minimum atomic E-state index is 0.0196. The first-order chi connectivity index (χ1) is 16.2. The van der Waals surface area contributed by atoms with Gasteiger partial charge in [0.25, 0.3) is 0 Å². The second-order valence-corrected chi connectivity index (χ2v) is 10.8. The van der Waals surface area contributed by atoms with Crippen molar-refractivity contribution in [3.05, 3.63) is 11.8 Å². The zero-order chi connectivity index (χ0) is 25.9. The molecule has 5 nitrogen and oxygen atoms in total. The second kappa shape index (κ2) is 14.4. The summed E-state index contributed by atoms with van der Waals surface area (Å²) >= 11 is 0. The number of nitrogens with one attached hydrogen (secondary N) is 1. The molecule has 4 unspecified atom stereocenters. The molecule has 4 aliphatic carbocycles. The average Bonchev–Trinajstić information content (AvgIpc) is 3.17. The van der Waals surface area contributed by atoms with Crippen LogP contribution in [0.5, 0.6) is 0 Å². The summed E-state index contributed by atoms with van der Waals surface area (Å²) in [7, 11) is 1.61. The minimum Gasteiger partial charge on any atom is -0.500 e. The maximum atomic E-state index is 12.4. The Hall–Kier alpha value is -1.20. The molecule has 4 saturated carbocycles. The summed E-state index contributed by atoms with van der Waals surface area (Å²) in [6.45, 7) is 13.4. The molecule has 6 atom stereocenters. The van der Waals surface area contributed by atoms with Crippen molar-refractivity contribution >= 4 is 11.5 Å². The van der Waals surface area contributed by atoms with Gasteiger partial charge in [-0.1, -0.05) is 34.6 Å². The molecule has 34 heavy (non-hydrogen) atoms. The largest absolute Gasteiger partial charge is 0.500 e. The highest BCUT2D eigenvalue weighted by Gasteiger charge is 2.59. The van der Waals surface area contributed by atoms with Crippen molar-refractivity contribution in [3.8, 4) is 0 Å². The number of carbonyl (C=O) groups excluding carboxylic acids is 1. The van der Waals surface area contributed by atoms with Gasteiger partial charge in [0.05, 0.1) is 13.7 Å². The van der Waals surface area contributed by atoms with E-state index in [1.807, 2.05) is 33.8 Å². The zero-order valence-corrected chi connectivity index (χ0v) is 23.2. The fraction of sp³-hybridized carbons (Fsp3) is 0.862.